The molecule has 1 aromatic carbocycles. The van der Waals surface area contributed by atoms with Crippen LogP contribution in [0.25, 0.3) is 22.2 Å². The Hall–Kier alpha value is -3.25. The van der Waals surface area contributed by atoms with E-state index in [0.29, 0.717) is 11.8 Å². The maximum Gasteiger partial charge on any atom is 0.261 e. The van der Waals surface area contributed by atoms with Gasteiger partial charge in [-0.25, -0.2) is 0 Å². The molecular formula is C24H24N4O2. The number of ether oxygens (including phenoxy) is 1. The molecule has 4 aromatic rings. The van der Waals surface area contributed by atoms with Crippen molar-refractivity contribution < 1.29 is 4.74 Å². The van der Waals surface area contributed by atoms with Gasteiger partial charge in [0.05, 0.1) is 28.8 Å². The lowest BCUT2D eigenvalue weighted by atomic mass is 10.0. The lowest BCUT2D eigenvalue weighted by molar-refractivity contribution is 0.0675. The Balaban J connectivity index is 1.48. The highest BCUT2D eigenvalue weighted by atomic mass is 16.5. The maximum atomic E-state index is 13.0. The molecule has 1 aliphatic rings. The van der Waals surface area contributed by atoms with Crippen LogP contribution in [0.15, 0.2) is 65.7 Å². The minimum absolute atomic E-state index is 0.00548. The fourth-order valence-electron chi connectivity index (χ4n) is 4.17. The van der Waals surface area contributed by atoms with Crippen LogP contribution in [-0.4, -0.2) is 32.5 Å². The third kappa shape index (κ3) is 3.44. The van der Waals surface area contributed by atoms with Gasteiger partial charge in [-0.15, -0.1) is 0 Å². The summed E-state index contributed by atoms with van der Waals surface area (Å²) in [6.07, 6.45) is 6.05. The minimum Gasteiger partial charge on any atom is -0.381 e. The van der Waals surface area contributed by atoms with Crippen LogP contribution in [-0.2, 0) is 18.2 Å². The number of pyridine rings is 2. The van der Waals surface area contributed by atoms with E-state index in [4.69, 9.17) is 4.74 Å². The predicted molar refractivity (Wildman–Crippen MR) is 117 cm³/mol. The summed E-state index contributed by atoms with van der Waals surface area (Å²) in [7, 11) is 1.84. The van der Waals surface area contributed by atoms with Gasteiger partial charge in [-0.1, -0.05) is 30.3 Å². The molecule has 0 atom stereocenters. The van der Waals surface area contributed by atoms with Gasteiger partial charge < -0.3 is 9.30 Å². The number of fused-ring (bicyclic) bond motifs is 1. The Kier molecular flexibility index (Phi) is 4.93. The summed E-state index contributed by atoms with van der Waals surface area (Å²) in [6.45, 7) is 1.48. The van der Waals surface area contributed by atoms with Crippen LogP contribution in [0.3, 0.4) is 0 Å². The molecule has 5 rings (SSSR count). The molecule has 0 spiro atoms. The summed E-state index contributed by atoms with van der Waals surface area (Å²) in [4.78, 5) is 17.4. The van der Waals surface area contributed by atoms with Gasteiger partial charge >= 0.3 is 0 Å². The fraction of sp³-hybridized carbons (Fsp3) is 0.292. The molecule has 0 unspecified atom stereocenters. The van der Waals surface area contributed by atoms with Crippen LogP contribution >= 0.6 is 0 Å². The fourth-order valence-corrected chi connectivity index (χ4v) is 4.17. The van der Waals surface area contributed by atoms with E-state index in [0.717, 1.165) is 54.1 Å². The molecule has 152 valence electrons. The number of benzene rings is 1. The Labute approximate surface area is 174 Å². The van der Waals surface area contributed by atoms with Crippen LogP contribution in [0.5, 0.6) is 0 Å². The predicted octanol–water partition coefficient (Wildman–Crippen LogP) is 3.74. The molecule has 0 bridgehead atoms. The molecule has 1 aliphatic heterocycles. The summed E-state index contributed by atoms with van der Waals surface area (Å²) in [5, 5.41) is 5.23. The van der Waals surface area contributed by atoms with Crippen molar-refractivity contribution >= 4 is 10.9 Å². The molecule has 1 fully saturated rings. The molecule has 6 nitrogen and oxygen atoms in total. The van der Waals surface area contributed by atoms with Crippen molar-refractivity contribution in [2.24, 2.45) is 7.05 Å². The zero-order valence-electron chi connectivity index (χ0n) is 17.0. The van der Waals surface area contributed by atoms with Gasteiger partial charge in [0.25, 0.3) is 5.56 Å². The van der Waals surface area contributed by atoms with Gasteiger partial charge in [-0.2, -0.15) is 5.10 Å². The zero-order valence-corrected chi connectivity index (χ0v) is 17.0. The monoisotopic (exact) mass is 400 g/mol. The van der Waals surface area contributed by atoms with Crippen LogP contribution in [0, 0.1) is 0 Å². The van der Waals surface area contributed by atoms with E-state index >= 15 is 0 Å². The topological polar surface area (TPSA) is 61.9 Å². The van der Waals surface area contributed by atoms with Crippen molar-refractivity contribution in [3.63, 3.8) is 0 Å². The summed E-state index contributed by atoms with van der Waals surface area (Å²) in [6, 6.07) is 16.7. The van der Waals surface area contributed by atoms with Crippen LogP contribution in [0.2, 0.25) is 0 Å². The molecule has 0 saturated carbocycles. The zero-order chi connectivity index (χ0) is 20.5. The molecule has 4 heterocycles. The highest BCUT2D eigenvalue weighted by Gasteiger charge is 2.20. The van der Waals surface area contributed by atoms with Crippen LogP contribution < -0.4 is 5.56 Å². The second kappa shape index (κ2) is 7.88. The lowest BCUT2D eigenvalue weighted by Crippen LogP contribution is -2.23. The lowest BCUT2D eigenvalue weighted by Gasteiger charge is -2.23. The van der Waals surface area contributed by atoms with E-state index in [1.807, 2.05) is 29.9 Å². The average Bonchev–Trinajstić information content (AvgIpc) is 3.23. The molecule has 3 aromatic heterocycles. The van der Waals surface area contributed by atoms with Gasteiger partial charge in [0.2, 0.25) is 0 Å². The second-order valence-electron chi connectivity index (χ2n) is 7.82. The molecule has 0 radical (unpaired) electrons. The highest BCUT2D eigenvalue weighted by Crippen LogP contribution is 2.25. The standard InChI is InChI=1S/C24H24N4O2/c1-27-20(14-17-5-7-18(8-6-17)22-4-2-3-11-25-22)15-23-21(24(27)29)16-26-28(23)19-9-12-30-13-10-19/h2-8,11,15-16,19H,9-10,12-14H2,1H3. The van der Waals surface area contributed by atoms with Crippen molar-refractivity contribution in [3.8, 4) is 11.3 Å². The number of hydrogen-bond donors (Lipinski definition) is 0. The molecule has 0 aliphatic carbocycles. The number of hydrogen-bond acceptors (Lipinski definition) is 4. The van der Waals surface area contributed by atoms with E-state index < -0.39 is 0 Å². The van der Waals surface area contributed by atoms with Crippen molar-refractivity contribution in [3.05, 3.63) is 82.5 Å². The third-order valence-electron chi connectivity index (χ3n) is 5.94. The Morgan fingerprint density at radius 3 is 2.63 bits per heavy atom. The van der Waals surface area contributed by atoms with Gasteiger partial charge in [0.1, 0.15) is 0 Å². The first-order valence-electron chi connectivity index (χ1n) is 10.3. The van der Waals surface area contributed by atoms with Crippen molar-refractivity contribution in [2.75, 3.05) is 13.2 Å². The van der Waals surface area contributed by atoms with E-state index in [2.05, 4.69) is 40.4 Å². The first-order valence-corrected chi connectivity index (χ1v) is 10.3. The minimum atomic E-state index is 0.00548. The molecule has 30 heavy (non-hydrogen) atoms. The molecule has 0 amide bonds. The normalized spacial score (nSPS) is 15.0. The van der Waals surface area contributed by atoms with Crippen LogP contribution in [0.4, 0.5) is 0 Å². The van der Waals surface area contributed by atoms with E-state index in [1.54, 1.807) is 17.0 Å². The van der Waals surface area contributed by atoms with Gasteiger partial charge in [-0.3, -0.25) is 14.5 Å². The van der Waals surface area contributed by atoms with E-state index in [9.17, 15) is 4.79 Å². The number of nitrogens with zero attached hydrogens (tertiary/aromatic N) is 4. The molecule has 6 heteroatoms. The van der Waals surface area contributed by atoms with Gasteiger partial charge in [-0.05, 0) is 36.6 Å². The summed E-state index contributed by atoms with van der Waals surface area (Å²) in [5.74, 6) is 0. The highest BCUT2D eigenvalue weighted by molar-refractivity contribution is 5.78. The average molecular weight is 400 g/mol. The number of rotatable bonds is 4. The third-order valence-corrected chi connectivity index (χ3v) is 5.94. The Morgan fingerprint density at radius 2 is 1.90 bits per heavy atom. The number of aromatic nitrogens is 4. The maximum absolute atomic E-state index is 13.0. The van der Waals surface area contributed by atoms with Crippen molar-refractivity contribution in [1.82, 2.24) is 19.3 Å². The van der Waals surface area contributed by atoms with E-state index in [1.165, 1.54) is 0 Å². The van der Waals surface area contributed by atoms with Gasteiger partial charge in [0, 0.05) is 44.1 Å². The molecule has 1 saturated heterocycles. The Morgan fingerprint density at radius 1 is 1.10 bits per heavy atom. The molecular weight excluding hydrogens is 376 g/mol. The second-order valence-corrected chi connectivity index (χ2v) is 7.82. The first kappa shape index (κ1) is 18.8. The van der Waals surface area contributed by atoms with Crippen molar-refractivity contribution in [1.29, 1.82) is 0 Å². The summed E-state index contributed by atoms with van der Waals surface area (Å²) >= 11 is 0. The van der Waals surface area contributed by atoms with Crippen molar-refractivity contribution in [2.45, 2.75) is 25.3 Å². The smallest absolute Gasteiger partial charge is 0.261 e. The Bertz CT molecular complexity index is 1220. The largest absolute Gasteiger partial charge is 0.381 e. The summed E-state index contributed by atoms with van der Waals surface area (Å²) < 4.78 is 9.25. The SMILES string of the molecule is Cn1c(Cc2ccc(-c3ccccn3)cc2)cc2c(cnn2C2CCOCC2)c1=O. The first-order chi connectivity index (χ1) is 14.7. The summed E-state index contributed by atoms with van der Waals surface area (Å²) in [5.41, 5.74) is 5.10. The van der Waals surface area contributed by atoms with E-state index in [-0.39, 0.29) is 11.6 Å². The molecule has 0 N–H and O–H groups in total. The quantitative estimate of drug-likeness (QED) is 0.524. The van der Waals surface area contributed by atoms with Crippen LogP contribution in [0.1, 0.15) is 30.1 Å². The van der Waals surface area contributed by atoms with Gasteiger partial charge in [0.15, 0.2) is 0 Å².